The highest BCUT2D eigenvalue weighted by Gasteiger charge is 2.26. The van der Waals surface area contributed by atoms with Gasteiger partial charge >= 0.3 is 0 Å². The molecule has 0 bridgehead atoms. The van der Waals surface area contributed by atoms with E-state index >= 15 is 0 Å². The van der Waals surface area contributed by atoms with Gasteiger partial charge in [-0.15, -0.1) is 5.10 Å². The number of nitrogens with one attached hydrogen (secondary N) is 1. The number of rotatable bonds is 13. The molecule has 0 fully saturated rings. The zero-order chi connectivity index (χ0) is 29.5. The van der Waals surface area contributed by atoms with Crippen molar-refractivity contribution in [1.82, 2.24) is 30.1 Å². The molecule has 1 atom stereocenters. The first-order valence-electron chi connectivity index (χ1n) is 14.0. The molecule has 10 heteroatoms. The first-order chi connectivity index (χ1) is 20.5. The van der Waals surface area contributed by atoms with Crippen molar-refractivity contribution in [3.8, 4) is 17.2 Å². The van der Waals surface area contributed by atoms with Crippen molar-refractivity contribution in [2.45, 2.75) is 45.4 Å². The normalized spacial score (nSPS) is 12.0. The topological polar surface area (TPSA) is 107 Å². The number of benzene rings is 3. The van der Waals surface area contributed by atoms with Gasteiger partial charge in [-0.05, 0) is 58.7 Å². The van der Waals surface area contributed by atoms with E-state index in [1.165, 1.54) is 5.56 Å². The Morgan fingerprint density at radius 1 is 0.881 bits per heavy atom. The number of pyridine rings is 1. The molecule has 0 radical (unpaired) electrons. The Morgan fingerprint density at radius 3 is 2.31 bits per heavy atom. The highest BCUT2D eigenvalue weighted by Crippen LogP contribution is 2.32. The number of aryl methyl sites for hydroxylation is 2. The second-order valence-corrected chi connectivity index (χ2v) is 10.1. The van der Waals surface area contributed by atoms with Crippen molar-refractivity contribution >= 4 is 10.9 Å². The van der Waals surface area contributed by atoms with E-state index in [1.807, 2.05) is 59.3 Å². The van der Waals surface area contributed by atoms with Crippen LogP contribution in [0.25, 0.3) is 10.9 Å². The molecule has 0 aliphatic rings. The summed E-state index contributed by atoms with van der Waals surface area (Å²) in [7, 11) is 4.83. The molecule has 10 nitrogen and oxygen atoms in total. The van der Waals surface area contributed by atoms with Gasteiger partial charge in [0.1, 0.15) is 5.75 Å². The van der Waals surface area contributed by atoms with Gasteiger partial charge in [-0.25, -0.2) is 4.68 Å². The molecule has 42 heavy (non-hydrogen) atoms. The molecule has 2 heterocycles. The predicted octanol–water partition coefficient (Wildman–Crippen LogP) is 4.94. The molecular weight excluding hydrogens is 532 g/mol. The van der Waals surface area contributed by atoms with Crippen LogP contribution in [0.2, 0.25) is 0 Å². The number of hydrogen-bond donors (Lipinski definition) is 1. The van der Waals surface area contributed by atoms with Crippen molar-refractivity contribution in [2.24, 2.45) is 0 Å². The quantitative estimate of drug-likeness (QED) is 0.213. The van der Waals surface area contributed by atoms with Crippen LogP contribution >= 0.6 is 0 Å². The second-order valence-electron chi connectivity index (χ2n) is 10.1. The fourth-order valence-corrected chi connectivity index (χ4v) is 5.25. The zero-order valence-electron chi connectivity index (χ0n) is 24.4. The molecule has 0 spiro atoms. The van der Waals surface area contributed by atoms with Gasteiger partial charge in [0.05, 0.1) is 32.9 Å². The van der Waals surface area contributed by atoms with Crippen LogP contribution in [0.1, 0.15) is 41.9 Å². The summed E-state index contributed by atoms with van der Waals surface area (Å²) in [5, 5.41) is 13.7. The molecule has 0 aliphatic carbocycles. The van der Waals surface area contributed by atoms with E-state index in [0.717, 1.165) is 35.4 Å². The third kappa shape index (κ3) is 6.44. The van der Waals surface area contributed by atoms with Crippen LogP contribution in [0.15, 0.2) is 77.6 Å². The Morgan fingerprint density at radius 2 is 1.62 bits per heavy atom. The lowest BCUT2D eigenvalue weighted by atomic mass is 10.1. The molecule has 1 N–H and O–H groups in total. The maximum absolute atomic E-state index is 13.4. The minimum Gasteiger partial charge on any atom is -0.497 e. The maximum Gasteiger partial charge on any atom is 0.252 e. The number of aromatic amines is 1. The van der Waals surface area contributed by atoms with Crippen molar-refractivity contribution in [2.75, 3.05) is 21.3 Å². The van der Waals surface area contributed by atoms with E-state index in [2.05, 4.69) is 44.5 Å². The number of aromatic nitrogens is 5. The highest BCUT2D eigenvalue weighted by molar-refractivity contribution is 5.83. The standard InChI is InChI=1S/C32H36N6O4/c1-5-28(31-34-35-36-38(31)16-15-22-9-7-6-8-10-22)37(20-23-11-13-26(40-2)14-12-23)21-25-17-24-18-29(41-3)30(42-4)19-27(24)33-32(25)39/h6-14,17-19,28H,5,15-16,20-21H2,1-4H3,(H,33,39)/t28-/m1/s1. The number of fused-ring (bicyclic) bond motifs is 1. The van der Waals surface area contributed by atoms with E-state index < -0.39 is 0 Å². The van der Waals surface area contributed by atoms with Gasteiger partial charge in [0.15, 0.2) is 17.3 Å². The van der Waals surface area contributed by atoms with E-state index in [9.17, 15) is 4.79 Å². The summed E-state index contributed by atoms with van der Waals surface area (Å²) in [5.74, 6) is 2.72. The summed E-state index contributed by atoms with van der Waals surface area (Å²) in [5.41, 5.74) is 3.45. The largest absolute Gasteiger partial charge is 0.497 e. The fraction of sp³-hybridized carbons (Fsp3) is 0.312. The summed E-state index contributed by atoms with van der Waals surface area (Å²) in [4.78, 5) is 18.7. The van der Waals surface area contributed by atoms with Crippen molar-refractivity contribution in [3.05, 3.63) is 106 Å². The lowest BCUT2D eigenvalue weighted by Crippen LogP contribution is -2.32. The highest BCUT2D eigenvalue weighted by atomic mass is 16.5. The van der Waals surface area contributed by atoms with Crippen LogP contribution in [0.4, 0.5) is 0 Å². The second kappa shape index (κ2) is 13.3. The lowest BCUT2D eigenvalue weighted by molar-refractivity contribution is 0.160. The van der Waals surface area contributed by atoms with Crippen LogP contribution in [0.3, 0.4) is 0 Å². The van der Waals surface area contributed by atoms with E-state index in [0.29, 0.717) is 42.2 Å². The number of tetrazole rings is 1. The van der Waals surface area contributed by atoms with Crippen molar-refractivity contribution in [3.63, 3.8) is 0 Å². The third-order valence-corrected chi connectivity index (χ3v) is 7.48. The minimum absolute atomic E-state index is 0.140. The van der Waals surface area contributed by atoms with Gasteiger partial charge in [-0.2, -0.15) is 0 Å². The first-order valence-corrected chi connectivity index (χ1v) is 14.0. The number of methoxy groups -OCH3 is 3. The molecule has 3 aromatic carbocycles. The molecule has 0 unspecified atom stereocenters. The summed E-state index contributed by atoms with van der Waals surface area (Å²) in [6.07, 6.45) is 1.56. The minimum atomic E-state index is -0.159. The van der Waals surface area contributed by atoms with Gasteiger partial charge in [-0.3, -0.25) is 9.69 Å². The third-order valence-electron chi connectivity index (χ3n) is 7.48. The van der Waals surface area contributed by atoms with Crippen LogP contribution in [0, 0.1) is 0 Å². The molecule has 5 aromatic rings. The SMILES string of the molecule is CC[C@H](c1nnnn1CCc1ccccc1)N(Cc1ccc(OC)cc1)Cc1cc2cc(OC)c(OC)cc2[nH]c1=O. The molecule has 218 valence electrons. The van der Waals surface area contributed by atoms with Crippen molar-refractivity contribution < 1.29 is 14.2 Å². The zero-order valence-corrected chi connectivity index (χ0v) is 24.4. The average Bonchev–Trinajstić information content (AvgIpc) is 3.49. The van der Waals surface area contributed by atoms with Crippen LogP contribution in [-0.4, -0.2) is 51.4 Å². The number of nitrogens with zero attached hydrogens (tertiary/aromatic N) is 5. The summed E-state index contributed by atoms with van der Waals surface area (Å²) < 4.78 is 18.2. The van der Waals surface area contributed by atoms with E-state index in [-0.39, 0.29) is 11.6 Å². The Labute approximate surface area is 244 Å². The van der Waals surface area contributed by atoms with Crippen LogP contribution in [-0.2, 0) is 26.1 Å². The number of hydrogen-bond acceptors (Lipinski definition) is 8. The summed E-state index contributed by atoms with van der Waals surface area (Å²) in [6.45, 7) is 3.73. The molecule has 0 aliphatic heterocycles. The van der Waals surface area contributed by atoms with Crippen molar-refractivity contribution in [1.29, 1.82) is 0 Å². The molecular formula is C32H36N6O4. The average molecular weight is 569 g/mol. The monoisotopic (exact) mass is 568 g/mol. The molecule has 0 saturated heterocycles. The first kappa shape index (κ1) is 28.8. The Bertz CT molecular complexity index is 1670. The maximum atomic E-state index is 13.4. The Kier molecular flexibility index (Phi) is 9.13. The Balaban J connectivity index is 1.50. The number of ether oxygens (including phenoxy) is 3. The van der Waals surface area contributed by atoms with Crippen LogP contribution < -0.4 is 19.8 Å². The molecule has 5 rings (SSSR count). The van der Waals surface area contributed by atoms with Gasteiger partial charge in [0, 0.05) is 36.7 Å². The Hall–Kier alpha value is -4.70. The van der Waals surface area contributed by atoms with Gasteiger partial charge in [0.25, 0.3) is 5.56 Å². The van der Waals surface area contributed by atoms with Gasteiger partial charge < -0.3 is 19.2 Å². The summed E-state index contributed by atoms with van der Waals surface area (Å²) >= 11 is 0. The molecule has 2 aromatic heterocycles. The summed E-state index contributed by atoms with van der Waals surface area (Å²) in [6, 6.07) is 23.7. The predicted molar refractivity (Wildman–Crippen MR) is 161 cm³/mol. The van der Waals surface area contributed by atoms with E-state index in [4.69, 9.17) is 14.2 Å². The van der Waals surface area contributed by atoms with Crippen LogP contribution in [0.5, 0.6) is 17.2 Å². The van der Waals surface area contributed by atoms with E-state index in [1.54, 1.807) is 27.4 Å². The number of H-pyrrole nitrogens is 1. The lowest BCUT2D eigenvalue weighted by Gasteiger charge is -2.30. The smallest absolute Gasteiger partial charge is 0.252 e. The van der Waals surface area contributed by atoms with Gasteiger partial charge in [0.2, 0.25) is 0 Å². The van der Waals surface area contributed by atoms with Gasteiger partial charge in [-0.1, -0.05) is 49.4 Å². The molecule has 0 amide bonds. The molecule has 0 saturated carbocycles. The fourth-order valence-electron chi connectivity index (χ4n) is 5.25.